The van der Waals surface area contributed by atoms with Crippen LogP contribution in [-0.4, -0.2) is 26.7 Å². The minimum absolute atomic E-state index is 0.0440. The zero-order valence-electron chi connectivity index (χ0n) is 8.82. The summed E-state index contributed by atoms with van der Waals surface area (Å²) in [5.74, 6) is 0.123. The number of amides is 1. The number of nitrogens with two attached hydrogens (primary N) is 1. The van der Waals surface area contributed by atoms with E-state index in [4.69, 9.17) is 5.73 Å². The van der Waals surface area contributed by atoms with Crippen molar-refractivity contribution in [2.24, 2.45) is 0 Å². The van der Waals surface area contributed by atoms with Crippen LogP contribution >= 0.6 is 15.9 Å². The number of anilines is 1. The monoisotopic (exact) mass is 287 g/mol. The molecule has 0 atom stereocenters. The molecule has 1 aromatic rings. The van der Waals surface area contributed by atoms with Crippen LogP contribution in [0.3, 0.4) is 0 Å². The third kappa shape index (κ3) is 2.72. The molecule has 0 spiro atoms. The number of nitrogens with zero attached hydrogens (tertiary/aromatic N) is 3. The largest absolute Gasteiger partial charge is 0.366 e. The van der Waals surface area contributed by atoms with E-state index in [1.807, 2.05) is 0 Å². The molecule has 1 aliphatic rings. The summed E-state index contributed by atoms with van der Waals surface area (Å²) < 4.78 is 1.92. The van der Waals surface area contributed by atoms with Gasteiger partial charge in [-0.05, 0) is 28.8 Å². The van der Waals surface area contributed by atoms with E-state index in [1.165, 1.54) is 17.5 Å². The van der Waals surface area contributed by atoms with Crippen molar-refractivity contribution in [3.63, 3.8) is 0 Å². The number of hydrogen-bond donors (Lipinski definition) is 2. The van der Waals surface area contributed by atoms with E-state index < -0.39 is 0 Å². The third-order valence-corrected chi connectivity index (χ3v) is 3.24. The van der Waals surface area contributed by atoms with Crippen LogP contribution in [0, 0.1) is 0 Å². The van der Waals surface area contributed by atoms with Gasteiger partial charge in [0.05, 0.1) is 0 Å². The van der Waals surface area contributed by atoms with Crippen LogP contribution in [0.4, 0.5) is 5.95 Å². The molecule has 16 heavy (non-hydrogen) atoms. The highest BCUT2D eigenvalue weighted by Crippen LogP contribution is 2.17. The molecule has 7 heteroatoms. The first-order chi connectivity index (χ1) is 7.65. The molecule has 1 fully saturated rings. The maximum absolute atomic E-state index is 11.7. The molecule has 2 rings (SSSR count). The van der Waals surface area contributed by atoms with Gasteiger partial charge in [-0.1, -0.05) is 12.8 Å². The van der Waals surface area contributed by atoms with Gasteiger partial charge in [0, 0.05) is 6.04 Å². The normalized spacial score (nSPS) is 16.6. The van der Waals surface area contributed by atoms with Crippen molar-refractivity contribution in [1.82, 2.24) is 20.1 Å². The standard InChI is InChI=1S/C9H14BrN5O/c10-8-13-9(11)14-15(8)5-7(16)12-6-3-1-2-4-6/h6H,1-5H2,(H2,11,14)(H,12,16). The molecule has 0 saturated heterocycles. The van der Waals surface area contributed by atoms with Gasteiger partial charge in [0.1, 0.15) is 6.54 Å². The third-order valence-electron chi connectivity index (χ3n) is 2.66. The Balaban J connectivity index is 1.89. The molecule has 1 heterocycles. The average molecular weight is 288 g/mol. The summed E-state index contributed by atoms with van der Waals surface area (Å²) in [6, 6.07) is 0.326. The Bertz CT molecular complexity index is 385. The van der Waals surface area contributed by atoms with Crippen LogP contribution in [0.15, 0.2) is 4.73 Å². The van der Waals surface area contributed by atoms with Gasteiger partial charge >= 0.3 is 0 Å². The lowest BCUT2D eigenvalue weighted by Gasteiger charge is -2.11. The predicted octanol–water partition coefficient (Wildman–Crippen LogP) is 0.682. The molecule has 6 nitrogen and oxygen atoms in total. The number of halogens is 1. The second-order valence-electron chi connectivity index (χ2n) is 3.95. The fraction of sp³-hybridized carbons (Fsp3) is 0.667. The predicted molar refractivity (Wildman–Crippen MR) is 62.5 cm³/mol. The fourth-order valence-corrected chi connectivity index (χ4v) is 2.31. The summed E-state index contributed by atoms with van der Waals surface area (Å²) in [5.41, 5.74) is 5.41. The topological polar surface area (TPSA) is 85.8 Å². The Hall–Kier alpha value is -1.11. The molecule has 0 unspecified atom stereocenters. The first kappa shape index (κ1) is 11.4. The highest BCUT2D eigenvalue weighted by atomic mass is 79.9. The van der Waals surface area contributed by atoms with Gasteiger partial charge in [-0.25, -0.2) is 4.68 Å². The van der Waals surface area contributed by atoms with Crippen LogP contribution < -0.4 is 11.1 Å². The molecule has 1 amide bonds. The van der Waals surface area contributed by atoms with E-state index in [-0.39, 0.29) is 18.4 Å². The highest BCUT2D eigenvalue weighted by Gasteiger charge is 2.18. The number of rotatable bonds is 3. The van der Waals surface area contributed by atoms with E-state index in [0.717, 1.165) is 12.8 Å². The molecule has 1 saturated carbocycles. The van der Waals surface area contributed by atoms with E-state index in [1.54, 1.807) is 0 Å². The quantitative estimate of drug-likeness (QED) is 0.856. The second-order valence-corrected chi connectivity index (χ2v) is 4.65. The summed E-state index contributed by atoms with van der Waals surface area (Å²) in [5, 5.41) is 6.88. The van der Waals surface area contributed by atoms with Crippen molar-refractivity contribution >= 4 is 27.8 Å². The number of aromatic nitrogens is 3. The van der Waals surface area contributed by atoms with Gasteiger partial charge in [0.25, 0.3) is 0 Å². The Kier molecular flexibility index (Phi) is 3.42. The lowest BCUT2D eigenvalue weighted by atomic mass is 10.2. The molecule has 0 bridgehead atoms. The summed E-state index contributed by atoms with van der Waals surface area (Å²) in [6.45, 7) is 0.154. The summed E-state index contributed by atoms with van der Waals surface area (Å²) in [4.78, 5) is 15.5. The molecule has 0 aliphatic heterocycles. The van der Waals surface area contributed by atoms with E-state index in [2.05, 4.69) is 31.3 Å². The lowest BCUT2D eigenvalue weighted by molar-refractivity contribution is -0.122. The fourth-order valence-electron chi connectivity index (χ4n) is 1.92. The van der Waals surface area contributed by atoms with Crippen LogP contribution in [0.5, 0.6) is 0 Å². The first-order valence-electron chi connectivity index (χ1n) is 5.30. The Labute approximate surface area is 102 Å². The van der Waals surface area contributed by atoms with Crippen molar-refractivity contribution < 1.29 is 4.79 Å². The Morgan fingerprint density at radius 2 is 2.25 bits per heavy atom. The highest BCUT2D eigenvalue weighted by molar-refractivity contribution is 9.10. The molecular formula is C9H14BrN5O. The van der Waals surface area contributed by atoms with Gasteiger partial charge < -0.3 is 11.1 Å². The van der Waals surface area contributed by atoms with Crippen LogP contribution in [0.2, 0.25) is 0 Å². The summed E-state index contributed by atoms with van der Waals surface area (Å²) >= 11 is 3.19. The molecule has 0 radical (unpaired) electrons. The van der Waals surface area contributed by atoms with Crippen molar-refractivity contribution in [3.8, 4) is 0 Å². The summed E-state index contributed by atoms with van der Waals surface area (Å²) in [6.07, 6.45) is 4.55. The smallest absolute Gasteiger partial charge is 0.242 e. The van der Waals surface area contributed by atoms with Gasteiger partial charge in [-0.15, -0.1) is 5.10 Å². The zero-order chi connectivity index (χ0) is 11.5. The van der Waals surface area contributed by atoms with Crippen molar-refractivity contribution in [2.75, 3.05) is 5.73 Å². The van der Waals surface area contributed by atoms with Crippen molar-refractivity contribution in [1.29, 1.82) is 0 Å². The second kappa shape index (κ2) is 4.82. The van der Waals surface area contributed by atoms with E-state index in [9.17, 15) is 4.79 Å². The van der Waals surface area contributed by atoms with Gasteiger partial charge in [0.2, 0.25) is 11.9 Å². The Morgan fingerprint density at radius 1 is 1.56 bits per heavy atom. The zero-order valence-corrected chi connectivity index (χ0v) is 10.4. The molecule has 1 aromatic heterocycles. The van der Waals surface area contributed by atoms with E-state index >= 15 is 0 Å². The van der Waals surface area contributed by atoms with Crippen molar-refractivity contribution in [3.05, 3.63) is 4.73 Å². The van der Waals surface area contributed by atoms with Crippen LogP contribution in [0.25, 0.3) is 0 Å². The lowest BCUT2D eigenvalue weighted by Crippen LogP contribution is -2.35. The van der Waals surface area contributed by atoms with Gasteiger partial charge in [0.15, 0.2) is 4.73 Å². The van der Waals surface area contributed by atoms with Crippen LogP contribution in [0.1, 0.15) is 25.7 Å². The minimum atomic E-state index is -0.0440. The molecule has 3 N–H and O–H groups in total. The molecule has 88 valence electrons. The number of carbonyl (C=O) groups excluding carboxylic acids is 1. The number of carbonyl (C=O) groups is 1. The average Bonchev–Trinajstić information content (AvgIpc) is 2.78. The Morgan fingerprint density at radius 3 is 2.81 bits per heavy atom. The van der Waals surface area contributed by atoms with E-state index in [0.29, 0.717) is 10.8 Å². The number of nitrogen functional groups attached to an aromatic ring is 1. The van der Waals surface area contributed by atoms with Crippen LogP contribution in [-0.2, 0) is 11.3 Å². The minimum Gasteiger partial charge on any atom is -0.366 e. The number of hydrogen-bond acceptors (Lipinski definition) is 4. The first-order valence-corrected chi connectivity index (χ1v) is 6.09. The van der Waals surface area contributed by atoms with Crippen molar-refractivity contribution in [2.45, 2.75) is 38.3 Å². The maximum Gasteiger partial charge on any atom is 0.242 e. The van der Waals surface area contributed by atoms with Gasteiger partial charge in [-0.3, -0.25) is 4.79 Å². The summed E-state index contributed by atoms with van der Waals surface area (Å²) in [7, 11) is 0. The molecular weight excluding hydrogens is 274 g/mol. The molecule has 0 aromatic carbocycles. The SMILES string of the molecule is Nc1nc(Br)n(CC(=O)NC2CCCC2)n1. The molecule has 1 aliphatic carbocycles. The van der Waals surface area contributed by atoms with Gasteiger partial charge in [-0.2, -0.15) is 4.98 Å². The maximum atomic E-state index is 11.7. The number of nitrogens with one attached hydrogen (secondary N) is 1.